The summed E-state index contributed by atoms with van der Waals surface area (Å²) in [5.74, 6) is 0.0589. The van der Waals surface area contributed by atoms with E-state index in [1.165, 1.54) is 42.1 Å². The van der Waals surface area contributed by atoms with Gasteiger partial charge in [-0.15, -0.1) is 5.10 Å². The van der Waals surface area contributed by atoms with Crippen molar-refractivity contribution in [3.05, 3.63) is 92.0 Å². The molecular weight excluding hydrogens is 715 g/mol. The first-order valence-electron chi connectivity index (χ1n) is 16.1. The van der Waals surface area contributed by atoms with E-state index in [2.05, 4.69) is 25.6 Å². The Kier molecular flexibility index (Phi) is 10.2. The van der Waals surface area contributed by atoms with E-state index in [1.807, 2.05) is 4.57 Å². The summed E-state index contributed by atoms with van der Waals surface area (Å²) in [4.78, 5) is 55.0. The number of hydrogen-bond donors (Lipinski definition) is 1. The number of aryl methyl sites for hydroxylation is 2. The number of carbonyl (C=O) groups excluding carboxylic acids is 2. The fraction of sp³-hybridized carbons (Fsp3) is 0.353. The molecule has 1 aliphatic heterocycles. The number of nitrogens with one attached hydrogen (secondary N) is 1. The van der Waals surface area contributed by atoms with Gasteiger partial charge in [-0.05, 0) is 51.0 Å². The van der Waals surface area contributed by atoms with E-state index in [9.17, 15) is 14.4 Å². The number of nitrogens with zero attached hydrogens (tertiary/aromatic N) is 9. The summed E-state index contributed by atoms with van der Waals surface area (Å²) < 4.78 is 21.0. The third kappa shape index (κ3) is 7.43. The van der Waals surface area contributed by atoms with Crippen LogP contribution < -0.4 is 25.2 Å². The second-order valence-corrected chi connectivity index (χ2v) is 13.7. The molecule has 0 spiro atoms. The number of methoxy groups -OCH3 is 2. The summed E-state index contributed by atoms with van der Waals surface area (Å²) in [5, 5.41) is 11.8. The summed E-state index contributed by atoms with van der Waals surface area (Å²) in [7, 11) is 4.47. The van der Waals surface area contributed by atoms with Crippen LogP contribution in [0.3, 0.4) is 0 Å². The maximum Gasteiger partial charge on any atom is 0.407 e. The molecule has 0 saturated carbocycles. The van der Waals surface area contributed by atoms with Crippen LogP contribution in [0.4, 0.5) is 10.5 Å². The molecule has 18 heteroatoms. The number of alkyl carbamates (subject to hydrolysis) is 1. The maximum atomic E-state index is 14.4. The Morgan fingerprint density at radius 1 is 1.00 bits per heavy atom. The van der Waals surface area contributed by atoms with Crippen molar-refractivity contribution in [1.82, 2.24) is 44.4 Å². The van der Waals surface area contributed by atoms with E-state index in [-0.39, 0.29) is 34.8 Å². The number of imidazole rings is 1. The largest absolute Gasteiger partial charge is 0.480 e. The van der Waals surface area contributed by atoms with Gasteiger partial charge in [-0.3, -0.25) is 19.2 Å². The maximum absolute atomic E-state index is 14.4. The Labute approximate surface area is 308 Å². The molecule has 16 nitrogen and oxygen atoms in total. The number of amides is 2. The van der Waals surface area contributed by atoms with Crippen molar-refractivity contribution in [2.45, 2.75) is 58.5 Å². The van der Waals surface area contributed by atoms with Crippen molar-refractivity contribution < 1.29 is 23.8 Å². The predicted octanol–water partition coefficient (Wildman–Crippen LogP) is 4.82. The molecule has 52 heavy (non-hydrogen) atoms. The summed E-state index contributed by atoms with van der Waals surface area (Å²) in [6, 6.07) is 7.80. The van der Waals surface area contributed by atoms with Gasteiger partial charge < -0.3 is 28.7 Å². The average molecular weight is 752 g/mol. The van der Waals surface area contributed by atoms with Gasteiger partial charge in [0.25, 0.3) is 11.5 Å². The molecule has 4 aromatic heterocycles. The zero-order valence-electron chi connectivity index (χ0n) is 29.3. The number of hydrogen-bond acceptors (Lipinski definition) is 11. The number of halogens is 2. The molecule has 0 fully saturated rings. The molecule has 5 heterocycles. The van der Waals surface area contributed by atoms with Gasteiger partial charge in [0.05, 0.1) is 43.2 Å². The Morgan fingerprint density at radius 2 is 1.75 bits per heavy atom. The SMILES string of the molecule is COc1ncc(-c2nc3c(n2CCCn2cc(CNC(=O)OC(C)(C)C)nn2)C(c2ccc(Cl)cc2)N(c2cc(Cl)cn(C)c2=O)C3=O)c(OC)n1. The van der Waals surface area contributed by atoms with Gasteiger partial charge in [0.1, 0.15) is 28.8 Å². The Morgan fingerprint density at radius 3 is 2.44 bits per heavy atom. The fourth-order valence-electron chi connectivity index (χ4n) is 5.87. The number of ether oxygens (including phenoxy) is 3. The summed E-state index contributed by atoms with van der Waals surface area (Å²) in [6.07, 6.45) is 4.67. The lowest BCUT2D eigenvalue weighted by molar-refractivity contribution is 0.0522. The van der Waals surface area contributed by atoms with Gasteiger partial charge in [0.15, 0.2) is 5.69 Å². The highest BCUT2D eigenvalue weighted by Gasteiger charge is 2.45. The first-order valence-corrected chi connectivity index (χ1v) is 16.9. The first kappa shape index (κ1) is 36.3. The number of aromatic nitrogens is 8. The molecule has 1 aliphatic rings. The van der Waals surface area contributed by atoms with E-state index >= 15 is 0 Å². The van der Waals surface area contributed by atoms with Crippen molar-refractivity contribution in [2.24, 2.45) is 7.05 Å². The Hall–Kier alpha value is -5.48. The lowest BCUT2D eigenvalue weighted by atomic mass is 10.0. The van der Waals surface area contributed by atoms with Crippen LogP contribution in [0.25, 0.3) is 11.4 Å². The topological polar surface area (TPSA) is 173 Å². The summed E-state index contributed by atoms with van der Waals surface area (Å²) >= 11 is 12.7. The monoisotopic (exact) mass is 750 g/mol. The normalized spacial score (nSPS) is 14.0. The third-order valence-electron chi connectivity index (χ3n) is 8.04. The molecule has 1 atom stereocenters. The van der Waals surface area contributed by atoms with Crippen LogP contribution in [0.15, 0.2) is 53.7 Å². The molecule has 0 radical (unpaired) electrons. The van der Waals surface area contributed by atoms with Crippen molar-refractivity contribution in [2.75, 3.05) is 19.1 Å². The van der Waals surface area contributed by atoms with Gasteiger partial charge in [-0.2, -0.15) is 4.98 Å². The van der Waals surface area contributed by atoms with Crippen molar-refractivity contribution >= 4 is 40.9 Å². The highest BCUT2D eigenvalue weighted by Crippen LogP contribution is 2.44. The van der Waals surface area contributed by atoms with Crippen LogP contribution in [0, 0.1) is 0 Å². The predicted molar refractivity (Wildman–Crippen MR) is 191 cm³/mol. The van der Waals surface area contributed by atoms with Crippen LogP contribution >= 0.6 is 23.2 Å². The molecule has 2 amide bonds. The van der Waals surface area contributed by atoms with E-state index in [4.69, 9.17) is 42.4 Å². The number of carbonyl (C=O) groups is 2. The Bertz CT molecular complexity index is 2190. The van der Waals surface area contributed by atoms with Gasteiger partial charge in [0, 0.05) is 37.6 Å². The van der Waals surface area contributed by atoms with E-state index in [0.29, 0.717) is 52.9 Å². The smallest absolute Gasteiger partial charge is 0.407 e. The van der Waals surface area contributed by atoms with Gasteiger partial charge in [-0.25, -0.2) is 14.8 Å². The van der Waals surface area contributed by atoms with E-state index in [0.717, 1.165) is 0 Å². The molecule has 6 rings (SSSR count). The summed E-state index contributed by atoms with van der Waals surface area (Å²) in [5.41, 5.74) is 1.35. The molecule has 1 N–H and O–H groups in total. The molecule has 0 saturated heterocycles. The molecule has 0 aliphatic carbocycles. The summed E-state index contributed by atoms with van der Waals surface area (Å²) in [6.45, 7) is 6.23. The van der Waals surface area contributed by atoms with E-state index < -0.39 is 29.2 Å². The van der Waals surface area contributed by atoms with Crippen LogP contribution in [0.1, 0.15) is 60.7 Å². The number of anilines is 1. The standard InChI is InChI=1S/C34H36Cl2N10O6/c1-34(2,3)52-33(49)38-15-22-18-44(42-41-22)12-7-13-45-27-25(39-28(45)23-16-37-32(51-6)40-29(23)50-5)31(48)46(24-14-21(36)17-43(4)30(24)47)26(27)19-8-10-20(35)11-9-19/h8-11,14,16-18,26H,7,12-13,15H2,1-6H3,(H,38,49). The second kappa shape index (κ2) is 14.6. The molecule has 272 valence electrons. The lowest BCUT2D eigenvalue weighted by Gasteiger charge is -2.27. The molecule has 0 bridgehead atoms. The van der Waals surface area contributed by atoms with Gasteiger partial charge >= 0.3 is 12.1 Å². The molecular formula is C34H36Cl2N10O6. The number of pyridine rings is 1. The molecule has 1 aromatic carbocycles. The third-order valence-corrected chi connectivity index (χ3v) is 8.50. The highest BCUT2D eigenvalue weighted by atomic mass is 35.5. The first-order chi connectivity index (χ1) is 24.8. The highest BCUT2D eigenvalue weighted by molar-refractivity contribution is 6.31. The zero-order chi connectivity index (χ0) is 37.3. The van der Waals surface area contributed by atoms with E-state index in [1.54, 1.807) is 63.0 Å². The van der Waals surface area contributed by atoms with Crippen LogP contribution in [0.5, 0.6) is 11.9 Å². The van der Waals surface area contributed by atoms with Crippen molar-refractivity contribution in [1.29, 1.82) is 0 Å². The quantitative estimate of drug-likeness (QED) is 0.196. The molecule has 5 aromatic rings. The lowest BCUT2D eigenvalue weighted by Crippen LogP contribution is -2.35. The number of fused-ring (bicyclic) bond motifs is 1. The minimum Gasteiger partial charge on any atom is -0.480 e. The average Bonchev–Trinajstić information content (AvgIpc) is 3.79. The minimum absolute atomic E-state index is 0.0894. The number of rotatable bonds is 11. The number of benzene rings is 1. The van der Waals surface area contributed by atoms with Crippen molar-refractivity contribution in [3.63, 3.8) is 0 Å². The van der Waals surface area contributed by atoms with Gasteiger partial charge in [-0.1, -0.05) is 40.5 Å². The van der Waals surface area contributed by atoms with Crippen molar-refractivity contribution in [3.8, 4) is 23.3 Å². The van der Waals surface area contributed by atoms with Crippen LogP contribution in [0.2, 0.25) is 10.0 Å². The van der Waals surface area contributed by atoms with Crippen LogP contribution in [-0.4, -0.2) is 70.9 Å². The minimum atomic E-state index is -0.797. The zero-order valence-corrected chi connectivity index (χ0v) is 30.8. The second-order valence-electron chi connectivity index (χ2n) is 12.9. The van der Waals surface area contributed by atoms with Gasteiger partial charge in [0.2, 0.25) is 5.88 Å². The van der Waals surface area contributed by atoms with Crippen LogP contribution in [-0.2, 0) is 31.4 Å². The fourth-order valence-corrected chi connectivity index (χ4v) is 6.24. The Balaban J connectivity index is 1.40. The molecule has 1 unspecified atom stereocenters.